The number of aryl methyl sites for hydroxylation is 2. The number of nitrogens with zero attached hydrogens (tertiary/aromatic N) is 3. The second-order valence-corrected chi connectivity index (χ2v) is 8.69. The van der Waals surface area contributed by atoms with Crippen LogP contribution in [-0.4, -0.2) is 14.5 Å². The van der Waals surface area contributed by atoms with Crippen molar-refractivity contribution in [2.24, 2.45) is 0 Å². The van der Waals surface area contributed by atoms with Crippen LogP contribution < -0.4 is 10.9 Å². The lowest BCUT2D eigenvalue weighted by molar-refractivity contribution is -0.138. The monoisotopic (exact) mass is 430 g/mol. The highest BCUT2D eigenvalue weighted by Crippen LogP contribution is 2.42. The predicted octanol–water partition coefficient (Wildman–Crippen LogP) is 5.42. The molecule has 1 N–H and O–H groups in total. The molecule has 1 aliphatic rings. The first-order valence-corrected chi connectivity index (χ1v) is 10.3. The number of hydrogen-bond acceptors (Lipinski definition) is 4. The summed E-state index contributed by atoms with van der Waals surface area (Å²) >= 11 is 0. The largest absolute Gasteiger partial charge is 0.416 e. The number of rotatable bonds is 4. The van der Waals surface area contributed by atoms with Crippen molar-refractivity contribution < 1.29 is 13.2 Å². The summed E-state index contributed by atoms with van der Waals surface area (Å²) in [7, 11) is 0. The van der Waals surface area contributed by atoms with Crippen LogP contribution in [0.1, 0.15) is 60.8 Å². The van der Waals surface area contributed by atoms with Crippen LogP contribution in [0.3, 0.4) is 0 Å². The molecule has 5 nitrogen and oxygen atoms in total. The van der Waals surface area contributed by atoms with Gasteiger partial charge in [-0.3, -0.25) is 4.79 Å². The summed E-state index contributed by atoms with van der Waals surface area (Å²) in [6, 6.07) is 3.76. The quantitative estimate of drug-likeness (QED) is 0.601. The Labute approximate surface area is 178 Å². The number of anilines is 1. The molecule has 1 aromatic carbocycles. The molecule has 2 heterocycles. The fourth-order valence-corrected chi connectivity index (χ4v) is 4.10. The number of alkyl halides is 3. The van der Waals surface area contributed by atoms with E-state index in [4.69, 9.17) is 0 Å². The topological polar surface area (TPSA) is 59.8 Å². The fraction of sp³-hybridized carbons (Fsp3) is 0.435. The van der Waals surface area contributed by atoms with Gasteiger partial charge >= 0.3 is 6.18 Å². The molecular formula is C23H25F3N4O. The van der Waals surface area contributed by atoms with E-state index in [1.807, 2.05) is 6.92 Å². The zero-order valence-electron chi connectivity index (χ0n) is 18.2. The first kappa shape index (κ1) is 21.3. The van der Waals surface area contributed by atoms with Crippen molar-refractivity contribution in [3.63, 3.8) is 0 Å². The Hall–Kier alpha value is -2.90. The molecule has 0 aliphatic heterocycles. The summed E-state index contributed by atoms with van der Waals surface area (Å²) in [5.74, 6) is 0.994. The summed E-state index contributed by atoms with van der Waals surface area (Å²) in [6.07, 6.45) is -0.781. The lowest BCUT2D eigenvalue weighted by Gasteiger charge is -2.22. The lowest BCUT2D eigenvalue weighted by atomic mass is 9.97. The highest BCUT2D eigenvalue weighted by atomic mass is 19.4. The molecule has 164 valence electrons. The molecule has 0 saturated heterocycles. The van der Waals surface area contributed by atoms with E-state index in [1.165, 1.54) is 13.0 Å². The summed E-state index contributed by atoms with van der Waals surface area (Å²) in [4.78, 5) is 21.9. The highest BCUT2D eigenvalue weighted by molar-refractivity contribution is 5.90. The molecule has 1 atom stereocenters. The minimum Gasteiger partial charge on any atom is -0.363 e. The van der Waals surface area contributed by atoms with Crippen molar-refractivity contribution >= 4 is 16.7 Å². The van der Waals surface area contributed by atoms with Crippen molar-refractivity contribution in [3.8, 4) is 0 Å². The molecule has 0 amide bonds. The fourth-order valence-electron chi connectivity index (χ4n) is 4.10. The van der Waals surface area contributed by atoms with Crippen molar-refractivity contribution in [2.75, 3.05) is 5.32 Å². The summed E-state index contributed by atoms with van der Waals surface area (Å²) < 4.78 is 41.8. The van der Waals surface area contributed by atoms with Crippen LogP contribution in [0.5, 0.6) is 0 Å². The number of halogens is 3. The van der Waals surface area contributed by atoms with Crippen LogP contribution in [0.4, 0.5) is 19.0 Å². The third kappa shape index (κ3) is 3.68. The number of nitrogens with one attached hydrogen (secondary N) is 1. The van der Waals surface area contributed by atoms with Gasteiger partial charge in [0.05, 0.1) is 22.5 Å². The van der Waals surface area contributed by atoms with Crippen LogP contribution in [0.15, 0.2) is 29.2 Å². The number of pyridine rings is 1. The maximum absolute atomic E-state index is 13.4. The van der Waals surface area contributed by atoms with E-state index >= 15 is 0 Å². The molecule has 0 spiro atoms. The second kappa shape index (κ2) is 7.07. The Morgan fingerprint density at radius 2 is 1.81 bits per heavy atom. The number of benzene rings is 1. The average molecular weight is 430 g/mol. The maximum Gasteiger partial charge on any atom is 0.416 e. The minimum atomic E-state index is -4.41. The first-order chi connectivity index (χ1) is 14.4. The van der Waals surface area contributed by atoms with Crippen molar-refractivity contribution in [2.45, 2.75) is 65.2 Å². The highest BCUT2D eigenvalue weighted by Gasteiger charge is 2.40. The van der Waals surface area contributed by atoms with Gasteiger partial charge in [-0.25, -0.2) is 9.97 Å². The van der Waals surface area contributed by atoms with E-state index in [1.54, 1.807) is 37.6 Å². The van der Waals surface area contributed by atoms with E-state index in [0.717, 1.165) is 18.9 Å². The SMILES string of the molecule is Cc1nc(N[C@H](C)c2cccc(C(F)(F)F)c2C)c2cn(C3(C)CC3)c(=O)c(C)c2n1. The molecule has 3 aromatic rings. The van der Waals surface area contributed by atoms with Crippen LogP contribution in [0.25, 0.3) is 10.9 Å². The lowest BCUT2D eigenvalue weighted by Crippen LogP contribution is -2.30. The van der Waals surface area contributed by atoms with Gasteiger partial charge < -0.3 is 9.88 Å². The predicted molar refractivity (Wildman–Crippen MR) is 114 cm³/mol. The minimum absolute atomic E-state index is 0.0710. The van der Waals surface area contributed by atoms with E-state index in [9.17, 15) is 18.0 Å². The Kier molecular flexibility index (Phi) is 4.87. The van der Waals surface area contributed by atoms with Crippen molar-refractivity contribution in [1.29, 1.82) is 0 Å². The standard InChI is InChI=1S/C23H25F3N4O/c1-12-16(7-6-8-18(12)23(24,25)26)14(3)27-20-17-11-30(22(5)9-10-22)21(31)13(2)19(17)28-15(4)29-20/h6-8,11,14H,9-10H2,1-5H3,(H,27,28,29)/t14-/m1/s1. The van der Waals surface area contributed by atoms with Gasteiger partial charge in [0.25, 0.3) is 5.56 Å². The van der Waals surface area contributed by atoms with E-state index in [2.05, 4.69) is 15.3 Å². The smallest absolute Gasteiger partial charge is 0.363 e. The van der Waals surface area contributed by atoms with Crippen LogP contribution in [0.2, 0.25) is 0 Å². The van der Waals surface area contributed by atoms with E-state index in [-0.39, 0.29) is 16.7 Å². The molecule has 1 saturated carbocycles. The van der Waals surface area contributed by atoms with E-state index < -0.39 is 17.8 Å². The van der Waals surface area contributed by atoms with Gasteiger partial charge in [-0.1, -0.05) is 12.1 Å². The van der Waals surface area contributed by atoms with Crippen LogP contribution in [0, 0.1) is 20.8 Å². The van der Waals surface area contributed by atoms with Crippen molar-refractivity contribution in [1.82, 2.24) is 14.5 Å². The third-order valence-corrected chi connectivity index (χ3v) is 6.27. The van der Waals surface area contributed by atoms with Gasteiger partial charge in [-0.05, 0) is 64.7 Å². The Morgan fingerprint density at radius 3 is 2.42 bits per heavy atom. The molecule has 1 aliphatic carbocycles. The van der Waals surface area contributed by atoms with Crippen LogP contribution >= 0.6 is 0 Å². The molecule has 31 heavy (non-hydrogen) atoms. The van der Waals surface area contributed by atoms with E-state index in [0.29, 0.717) is 33.7 Å². The molecule has 0 unspecified atom stereocenters. The molecule has 0 radical (unpaired) electrons. The summed E-state index contributed by atoms with van der Waals surface area (Å²) in [5.41, 5.74) is 0.909. The van der Waals surface area contributed by atoms with Gasteiger partial charge in [-0.2, -0.15) is 13.2 Å². The summed E-state index contributed by atoms with van der Waals surface area (Å²) in [6.45, 7) is 8.81. The Balaban J connectivity index is 1.82. The van der Waals surface area contributed by atoms with Crippen molar-refractivity contribution in [3.05, 3.63) is 62.8 Å². The molecule has 1 fully saturated rings. The molecular weight excluding hydrogens is 405 g/mol. The second-order valence-electron chi connectivity index (χ2n) is 8.69. The van der Waals surface area contributed by atoms with Crippen LogP contribution in [-0.2, 0) is 11.7 Å². The van der Waals surface area contributed by atoms with Gasteiger partial charge in [0.2, 0.25) is 0 Å². The normalized spacial score (nSPS) is 16.4. The first-order valence-electron chi connectivity index (χ1n) is 10.3. The van der Waals surface area contributed by atoms with Gasteiger partial charge in [0.1, 0.15) is 11.6 Å². The third-order valence-electron chi connectivity index (χ3n) is 6.27. The molecule has 8 heteroatoms. The summed E-state index contributed by atoms with van der Waals surface area (Å²) in [5, 5.41) is 3.96. The maximum atomic E-state index is 13.4. The molecule has 0 bridgehead atoms. The number of aromatic nitrogens is 3. The molecule has 2 aromatic heterocycles. The Morgan fingerprint density at radius 1 is 1.13 bits per heavy atom. The van der Waals surface area contributed by atoms with Gasteiger partial charge in [0, 0.05) is 17.3 Å². The van der Waals surface area contributed by atoms with Gasteiger partial charge in [-0.15, -0.1) is 0 Å². The zero-order chi connectivity index (χ0) is 22.7. The average Bonchev–Trinajstić information content (AvgIpc) is 3.42. The molecule has 4 rings (SSSR count). The zero-order valence-corrected chi connectivity index (χ0v) is 18.2. The Bertz CT molecular complexity index is 1240. The number of fused-ring (bicyclic) bond motifs is 1. The number of hydrogen-bond donors (Lipinski definition) is 1. The van der Waals surface area contributed by atoms with Gasteiger partial charge in [0.15, 0.2) is 0 Å².